The molecule has 0 bridgehead atoms. The molecule has 2 N–H and O–H groups in total. The number of hydrogen-bond donors (Lipinski definition) is 2. The van der Waals surface area contributed by atoms with Crippen LogP contribution in [-0.2, 0) is 16.6 Å². The van der Waals surface area contributed by atoms with E-state index in [-0.39, 0.29) is 24.5 Å². The van der Waals surface area contributed by atoms with Gasteiger partial charge in [-0.25, -0.2) is 0 Å². The fourth-order valence-corrected chi connectivity index (χ4v) is 4.10. The molecule has 0 radical (unpaired) electrons. The van der Waals surface area contributed by atoms with Gasteiger partial charge in [-0.2, -0.15) is 13.2 Å². The zero-order valence-electron chi connectivity index (χ0n) is 21.0. The highest BCUT2D eigenvalue weighted by Gasteiger charge is 2.56. The summed E-state index contributed by atoms with van der Waals surface area (Å²) in [5, 5.41) is 11.9. The molecule has 3 aromatic rings. The standard InChI is InChI=1S/C27H22F9NO4/c1-23(39,25(28,29)30)22(38)37-16-24(15-17-7-3-2-4-8-17,18-9-5-11-20(13-18)40-26(31,32)33)19-10-6-12-21(14-19)41-27(34,35)36/h2-14,39H,15-16H2,1H3,(H,37,38)/t23-/m1/s1. The first-order valence-corrected chi connectivity index (χ1v) is 11.7. The van der Waals surface area contributed by atoms with Crippen molar-refractivity contribution in [2.24, 2.45) is 0 Å². The first-order chi connectivity index (χ1) is 18.8. The van der Waals surface area contributed by atoms with Crippen molar-refractivity contribution in [3.05, 3.63) is 95.6 Å². The van der Waals surface area contributed by atoms with Crippen LogP contribution >= 0.6 is 0 Å². The predicted octanol–water partition coefficient (Wildman–Crippen LogP) is 6.44. The Morgan fingerprint density at radius 3 is 1.61 bits per heavy atom. The summed E-state index contributed by atoms with van der Waals surface area (Å²) in [6, 6.07) is 16.4. The summed E-state index contributed by atoms with van der Waals surface area (Å²) >= 11 is 0. The maximum absolute atomic E-state index is 13.4. The SMILES string of the molecule is C[C@@](O)(C(=O)NCC(Cc1ccccc1)(c1cccc(OC(F)(F)F)c1)c1cccc(OC(F)(F)F)c1)C(F)(F)F. The molecule has 0 fully saturated rings. The highest BCUT2D eigenvalue weighted by atomic mass is 19.4. The average molecular weight is 595 g/mol. The van der Waals surface area contributed by atoms with Crippen molar-refractivity contribution in [1.29, 1.82) is 0 Å². The lowest BCUT2D eigenvalue weighted by Gasteiger charge is -2.37. The number of aliphatic hydroxyl groups is 1. The van der Waals surface area contributed by atoms with E-state index in [1.165, 1.54) is 12.1 Å². The topological polar surface area (TPSA) is 67.8 Å². The lowest BCUT2D eigenvalue weighted by molar-refractivity contribution is -0.275. The molecule has 0 aliphatic rings. The van der Waals surface area contributed by atoms with E-state index in [4.69, 9.17) is 0 Å². The number of carbonyl (C=O) groups is 1. The third-order valence-corrected chi connectivity index (χ3v) is 6.13. The van der Waals surface area contributed by atoms with Crippen molar-refractivity contribution < 1.29 is 58.9 Å². The molecule has 1 amide bonds. The molecule has 0 heterocycles. The Kier molecular flexibility index (Phi) is 8.87. The van der Waals surface area contributed by atoms with Crippen molar-refractivity contribution in [3.8, 4) is 11.5 Å². The molecule has 1 atom stereocenters. The van der Waals surface area contributed by atoms with Crippen molar-refractivity contribution in [2.45, 2.75) is 43.3 Å². The van der Waals surface area contributed by atoms with E-state index in [2.05, 4.69) is 9.47 Å². The van der Waals surface area contributed by atoms with Gasteiger partial charge in [-0.15, -0.1) is 26.3 Å². The van der Waals surface area contributed by atoms with Crippen molar-refractivity contribution in [3.63, 3.8) is 0 Å². The quantitative estimate of drug-likeness (QED) is 0.280. The lowest BCUT2D eigenvalue weighted by Crippen LogP contribution is -2.57. The number of hydrogen-bond acceptors (Lipinski definition) is 4. The normalized spacial score (nSPS) is 14.2. The minimum absolute atomic E-state index is 0.0702. The molecule has 3 rings (SSSR count). The van der Waals surface area contributed by atoms with Crippen LogP contribution in [0.4, 0.5) is 39.5 Å². The highest BCUT2D eigenvalue weighted by molar-refractivity contribution is 5.85. The average Bonchev–Trinajstić information content (AvgIpc) is 2.84. The van der Waals surface area contributed by atoms with Crippen molar-refractivity contribution in [1.82, 2.24) is 5.32 Å². The van der Waals surface area contributed by atoms with E-state index in [0.717, 1.165) is 36.4 Å². The van der Waals surface area contributed by atoms with Crippen molar-refractivity contribution in [2.75, 3.05) is 6.54 Å². The van der Waals surface area contributed by atoms with Gasteiger partial charge in [0.1, 0.15) is 11.5 Å². The van der Waals surface area contributed by atoms with Gasteiger partial charge in [0.15, 0.2) is 0 Å². The van der Waals surface area contributed by atoms with Gasteiger partial charge in [0.25, 0.3) is 5.91 Å². The van der Waals surface area contributed by atoms with Gasteiger partial charge in [0, 0.05) is 12.0 Å². The number of rotatable bonds is 9. The monoisotopic (exact) mass is 595 g/mol. The molecule has 0 aliphatic carbocycles. The van der Waals surface area contributed by atoms with Crippen LogP contribution < -0.4 is 14.8 Å². The largest absolute Gasteiger partial charge is 0.573 e. The number of amides is 1. The van der Waals surface area contributed by atoms with E-state index >= 15 is 0 Å². The van der Waals surface area contributed by atoms with Gasteiger partial charge in [-0.05, 0) is 54.3 Å². The Morgan fingerprint density at radius 1 is 0.732 bits per heavy atom. The van der Waals surface area contributed by atoms with Crippen LogP contribution in [0, 0.1) is 0 Å². The zero-order chi connectivity index (χ0) is 30.7. The summed E-state index contributed by atoms with van der Waals surface area (Å²) in [6.07, 6.45) is -15.9. The number of carbonyl (C=O) groups excluding carboxylic acids is 1. The molecule has 0 saturated heterocycles. The summed E-state index contributed by atoms with van der Waals surface area (Å²) in [5.74, 6) is -3.36. The molecule has 3 aromatic carbocycles. The number of halogens is 9. The molecule has 222 valence electrons. The van der Waals surface area contributed by atoms with Gasteiger partial charge in [0.05, 0.1) is 0 Å². The summed E-state index contributed by atoms with van der Waals surface area (Å²) < 4.78 is 126. The van der Waals surface area contributed by atoms with Crippen LogP contribution in [0.2, 0.25) is 0 Å². The first kappa shape index (κ1) is 31.6. The summed E-state index contributed by atoms with van der Waals surface area (Å²) in [6.45, 7) is -0.602. The minimum atomic E-state index is -5.40. The first-order valence-electron chi connectivity index (χ1n) is 11.7. The fraction of sp³-hybridized carbons (Fsp3) is 0.296. The van der Waals surface area contributed by atoms with E-state index in [9.17, 15) is 49.4 Å². The van der Waals surface area contributed by atoms with Crippen LogP contribution in [0.25, 0.3) is 0 Å². The fourth-order valence-electron chi connectivity index (χ4n) is 4.10. The maximum Gasteiger partial charge on any atom is 0.573 e. The van der Waals surface area contributed by atoms with Crippen LogP contribution in [0.3, 0.4) is 0 Å². The van der Waals surface area contributed by atoms with Gasteiger partial charge < -0.3 is 19.9 Å². The second-order valence-electron chi connectivity index (χ2n) is 9.15. The molecule has 5 nitrogen and oxygen atoms in total. The molecule has 41 heavy (non-hydrogen) atoms. The number of nitrogens with one attached hydrogen (secondary N) is 1. The zero-order valence-corrected chi connectivity index (χ0v) is 21.0. The van der Waals surface area contributed by atoms with E-state index in [0.29, 0.717) is 5.56 Å². The summed E-state index contributed by atoms with van der Waals surface area (Å²) in [7, 11) is 0. The second kappa shape index (κ2) is 11.5. The Labute approximate surface area is 227 Å². The lowest BCUT2D eigenvalue weighted by atomic mass is 9.70. The van der Waals surface area contributed by atoms with Gasteiger partial charge in [-0.3, -0.25) is 4.79 Å². The predicted molar refractivity (Wildman–Crippen MR) is 127 cm³/mol. The number of ether oxygens (including phenoxy) is 2. The Hall–Kier alpha value is -3.94. The molecule has 0 unspecified atom stereocenters. The Bertz CT molecular complexity index is 1280. The van der Waals surface area contributed by atoms with Crippen LogP contribution in [0.5, 0.6) is 11.5 Å². The van der Waals surface area contributed by atoms with Gasteiger partial charge in [0.2, 0.25) is 5.60 Å². The third kappa shape index (κ3) is 8.06. The smallest absolute Gasteiger partial charge is 0.406 e. The molecular weight excluding hydrogens is 573 g/mol. The molecule has 0 spiro atoms. The van der Waals surface area contributed by atoms with Crippen LogP contribution in [0.15, 0.2) is 78.9 Å². The summed E-state index contributed by atoms with van der Waals surface area (Å²) in [4.78, 5) is 12.6. The highest BCUT2D eigenvalue weighted by Crippen LogP contribution is 2.40. The maximum atomic E-state index is 13.4. The van der Waals surface area contributed by atoms with Crippen LogP contribution in [-0.4, -0.2) is 42.1 Å². The number of alkyl halides is 9. The van der Waals surface area contributed by atoms with E-state index in [1.807, 2.05) is 5.32 Å². The van der Waals surface area contributed by atoms with Gasteiger partial charge >= 0.3 is 18.9 Å². The van der Waals surface area contributed by atoms with E-state index in [1.54, 1.807) is 30.3 Å². The third-order valence-electron chi connectivity index (χ3n) is 6.13. The minimum Gasteiger partial charge on any atom is -0.406 e. The molecule has 0 saturated carbocycles. The summed E-state index contributed by atoms with van der Waals surface area (Å²) in [5.41, 5.74) is -5.37. The molecular formula is C27H22F9NO4. The number of benzene rings is 3. The molecule has 0 aliphatic heterocycles. The Balaban J connectivity index is 2.25. The van der Waals surface area contributed by atoms with E-state index < -0.39 is 53.9 Å². The van der Waals surface area contributed by atoms with Gasteiger partial charge in [-0.1, -0.05) is 54.6 Å². The molecule has 0 aromatic heterocycles. The second-order valence-corrected chi connectivity index (χ2v) is 9.15. The van der Waals surface area contributed by atoms with Crippen molar-refractivity contribution >= 4 is 5.91 Å². The molecule has 14 heteroatoms. The Morgan fingerprint density at radius 2 is 1.20 bits per heavy atom. The van der Waals surface area contributed by atoms with Crippen LogP contribution in [0.1, 0.15) is 23.6 Å².